The van der Waals surface area contributed by atoms with Gasteiger partial charge in [-0.2, -0.15) is 0 Å². The number of amides is 1. The number of nitrogens with zero attached hydrogens (tertiary/aromatic N) is 3. The molecule has 1 aromatic heterocycles. The van der Waals surface area contributed by atoms with Crippen LogP contribution in [-0.2, 0) is 0 Å². The van der Waals surface area contributed by atoms with E-state index in [2.05, 4.69) is 15.3 Å². The van der Waals surface area contributed by atoms with Gasteiger partial charge in [0, 0.05) is 29.9 Å². The molecule has 0 atom stereocenters. The molecule has 1 fully saturated rings. The summed E-state index contributed by atoms with van der Waals surface area (Å²) in [5.41, 5.74) is 2.35. The Labute approximate surface area is 147 Å². The zero-order chi connectivity index (χ0) is 16.9. The van der Waals surface area contributed by atoms with Gasteiger partial charge in [-0.25, -0.2) is 9.97 Å². The number of hydrogen-bond donors (Lipinski definition) is 1. The second-order valence-electron chi connectivity index (χ2n) is 6.08. The Hall–Kier alpha value is -2.14. The van der Waals surface area contributed by atoms with Crippen molar-refractivity contribution in [3.8, 4) is 0 Å². The fourth-order valence-electron chi connectivity index (χ4n) is 2.85. The van der Waals surface area contributed by atoms with E-state index in [1.165, 1.54) is 19.2 Å². The first-order valence-electron chi connectivity index (χ1n) is 8.28. The smallest absolute Gasteiger partial charge is 0.272 e. The molecule has 0 spiro atoms. The van der Waals surface area contributed by atoms with Gasteiger partial charge in [-0.3, -0.25) is 4.79 Å². The van der Waals surface area contributed by atoms with Crippen LogP contribution in [-0.4, -0.2) is 33.9 Å². The van der Waals surface area contributed by atoms with Crippen LogP contribution in [0.25, 0.3) is 0 Å². The lowest BCUT2D eigenvalue weighted by Crippen LogP contribution is -2.32. The Kier molecular flexibility index (Phi) is 5.30. The number of benzene rings is 1. The number of aryl methyl sites for hydroxylation is 1. The Morgan fingerprint density at radius 3 is 2.62 bits per heavy atom. The highest BCUT2D eigenvalue weighted by molar-refractivity contribution is 6.30. The number of hydrogen-bond acceptors (Lipinski definition) is 4. The highest BCUT2D eigenvalue weighted by Gasteiger charge is 2.19. The molecule has 2 heterocycles. The summed E-state index contributed by atoms with van der Waals surface area (Å²) in [4.78, 5) is 22.9. The molecule has 1 aliphatic heterocycles. The maximum absolute atomic E-state index is 12.7. The van der Waals surface area contributed by atoms with Gasteiger partial charge in [0.2, 0.25) is 0 Å². The van der Waals surface area contributed by atoms with E-state index in [-0.39, 0.29) is 5.91 Å². The third-order valence-corrected chi connectivity index (χ3v) is 4.48. The van der Waals surface area contributed by atoms with Crippen molar-refractivity contribution in [2.24, 2.45) is 0 Å². The molecule has 3 rings (SSSR count). The van der Waals surface area contributed by atoms with Crippen LogP contribution in [0.3, 0.4) is 0 Å². The number of carbonyl (C=O) groups excluding carboxylic acids is 1. The monoisotopic (exact) mass is 344 g/mol. The molecule has 1 N–H and O–H groups in total. The molecule has 6 heteroatoms. The van der Waals surface area contributed by atoms with E-state index in [0.29, 0.717) is 16.5 Å². The van der Waals surface area contributed by atoms with Crippen molar-refractivity contribution in [3.05, 3.63) is 46.9 Å². The predicted molar refractivity (Wildman–Crippen MR) is 95.9 cm³/mol. The van der Waals surface area contributed by atoms with Crippen molar-refractivity contribution in [2.75, 3.05) is 18.4 Å². The maximum atomic E-state index is 12.7. The average molecular weight is 345 g/mol. The number of halogens is 1. The first kappa shape index (κ1) is 16.7. The number of aromatic nitrogens is 2. The third kappa shape index (κ3) is 4.03. The highest BCUT2D eigenvalue weighted by Crippen LogP contribution is 2.23. The Balaban J connectivity index is 1.78. The zero-order valence-electron chi connectivity index (χ0n) is 13.8. The van der Waals surface area contributed by atoms with Crippen molar-refractivity contribution >= 4 is 29.0 Å². The summed E-state index contributed by atoms with van der Waals surface area (Å²) in [7, 11) is 0. The van der Waals surface area contributed by atoms with Gasteiger partial charge in [0.1, 0.15) is 17.8 Å². The molecule has 1 aromatic carbocycles. The first-order valence-corrected chi connectivity index (χ1v) is 8.66. The van der Waals surface area contributed by atoms with Crippen molar-refractivity contribution < 1.29 is 4.79 Å². The van der Waals surface area contributed by atoms with Crippen molar-refractivity contribution in [2.45, 2.75) is 32.6 Å². The summed E-state index contributed by atoms with van der Waals surface area (Å²) in [5.74, 6) is 0.568. The van der Waals surface area contributed by atoms with E-state index in [0.717, 1.165) is 37.2 Å². The van der Waals surface area contributed by atoms with E-state index in [9.17, 15) is 4.79 Å². The molecule has 5 nitrogen and oxygen atoms in total. The molecule has 0 aliphatic carbocycles. The molecule has 0 unspecified atom stereocenters. The molecule has 126 valence electrons. The van der Waals surface area contributed by atoms with E-state index >= 15 is 0 Å². The molecule has 1 aliphatic rings. The lowest BCUT2D eigenvalue weighted by atomic mass is 10.2. The lowest BCUT2D eigenvalue weighted by molar-refractivity contribution is 0.0755. The van der Waals surface area contributed by atoms with Crippen LogP contribution in [0, 0.1) is 6.92 Å². The van der Waals surface area contributed by atoms with Gasteiger partial charge < -0.3 is 10.2 Å². The number of nitrogens with one attached hydrogen (secondary N) is 1. The molecule has 1 amide bonds. The summed E-state index contributed by atoms with van der Waals surface area (Å²) >= 11 is 6.05. The lowest BCUT2D eigenvalue weighted by Gasteiger charge is -2.19. The number of carbonyl (C=O) groups is 1. The molecule has 24 heavy (non-hydrogen) atoms. The normalized spacial score (nSPS) is 15.0. The minimum Gasteiger partial charge on any atom is -0.340 e. The van der Waals surface area contributed by atoms with Crippen LogP contribution in [0.5, 0.6) is 0 Å². The number of likely N-dealkylation sites (tertiary alicyclic amines) is 1. The largest absolute Gasteiger partial charge is 0.340 e. The zero-order valence-corrected chi connectivity index (χ0v) is 14.5. The second kappa shape index (κ2) is 7.62. The second-order valence-corrected chi connectivity index (χ2v) is 6.52. The van der Waals surface area contributed by atoms with Gasteiger partial charge in [-0.15, -0.1) is 0 Å². The fourth-order valence-corrected chi connectivity index (χ4v) is 3.02. The predicted octanol–water partition coefficient (Wildman–Crippen LogP) is 4.20. The van der Waals surface area contributed by atoms with Gasteiger partial charge in [0.15, 0.2) is 0 Å². The Morgan fingerprint density at radius 1 is 1.12 bits per heavy atom. The maximum Gasteiger partial charge on any atom is 0.272 e. The summed E-state index contributed by atoms with van der Waals surface area (Å²) in [6.45, 7) is 3.60. The summed E-state index contributed by atoms with van der Waals surface area (Å²) < 4.78 is 0. The minimum atomic E-state index is -0.0230. The van der Waals surface area contributed by atoms with E-state index < -0.39 is 0 Å². The van der Waals surface area contributed by atoms with E-state index in [1.54, 1.807) is 6.07 Å². The average Bonchev–Trinajstić information content (AvgIpc) is 2.87. The van der Waals surface area contributed by atoms with Gasteiger partial charge >= 0.3 is 0 Å². The van der Waals surface area contributed by atoms with Crippen molar-refractivity contribution in [1.29, 1.82) is 0 Å². The molecule has 1 saturated heterocycles. The van der Waals surface area contributed by atoms with Crippen LogP contribution in [0.15, 0.2) is 30.6 Å². The van der Waals surface area contributed by atoms with Gasteiger partial charge in [-0.05, 0) is 37.5 Å². The molecular weight excluding hydrogens is 324 g/mol. The summed E-state index contributed by atoms with van der Waals surface area (Å²) in [6, 6.07) is 7.33. The number of rotatable bonds is 3. The SMILES string of the molecule is Cc1ccc(Cl)cc1Nc1cc(C(=O)N2CCCCCC2)ncn1. The standard InChI is InChI=1S/C18H21ClN4O/c1-13-6-7-14(19)10-15(13)22-17-11-16(20-12-21-17)18(24)23-8-4-2-3-5-9-23/h6-7,10-12H,2-5,8-9H2,1H3,(H,20,21,22). The van der Waals surface area contributed by atoms with Gasteiger partial charge in [0.25, 0.3) is 5.91 Å². The topological polar surface area (TPSA) is 58.1 Å². The molecule has 0 saturated carbocycles. The molecule has 2 aromatic rings. The highest BCUT2D eigenvalue weighted by atomic mass is 35.5. The molecule has 0 radical (unpaired) electrons. The molecule has 0 bridgehead atoms. The van der Waals surface area contributed by atoms with Crippen LogP contribution in [0.1, 0.15) is 41.7 Å². The Bertz CT molecular complexity index is 727. The Morgan fingerprint density at radius 2 is 1.88 bits per heavy atom. The number of anilines is 2. The van der Waals surface area contributed by atoms with Crippen LogP contribution >= 0.6 is 11.6 Å². The fraction of sp³-hybridized carbons (Fsp3) is 0.389. The van der Waals surface area contributed by atoms with E-state index in [1.807, 2.05) is 30.0 Å². The first-order chi connectivity index (χ1) is 11.6. The van der Waals surface area contributed by atoms with Crippen molar-refractivity contribution in [3.63, 3.8) is 0 Å². The third-order valence-electron chi connectivity index (χ3n) is 4.24. The summed E-state index contributed by atoms with van der Waals surface area (Å²) in [5, 5.41) is 3.87. The quantitative estimate of drug-likeness (QED) is 0.906. The van der Waals surface area contributed by atoms with Crippen LogP contribution in [0.2, 0.25) is 5.02 Å². The summed E-state index contributed by atoms with van der Waals surface area (Å²) in [6.07, 6.45) is 5.92. The van der Waals surface area contributed by atoms with Crippen LogP contribution < -0.4 is 5.32 Å². The van der Waals surface area contributed by atoms with Crippen molar-refractivity contribution in [1.82, 2.24) is 14.9 Å². The van der Waals surface area contributed by atoms with E-state index in [4.69, 9.17) is 11.6 Å². The molecular formula is C18H21ClN4O. The van der Waals surface area contributed by atoms with Gasteiger partial charge in [-0.1, -0.05) is 30.5 Å². The van der Waals surface area contributed by atoms with Crippen LogP contribution in [0.4, 0.5) is 11.5 Å². The van der Waals surface area contributed by atoms with Gasteiger partial charge in [0.05, 0.1) is 0 Å². The minimum absolute atomic E-state index is 0.0230.